The van der Waals surface area contributed by atoms with Crippen LogP contribution in [0.25, 0.3) is 10.9 Å². The molecule has 3 aromatic carbocycles. The van der Waals surface area contributed by atoms with Crippen molar-refractivity contribution in [3.05, 3.63) is 117 Å². The van der Waals surface area contributed by atoms with Gasteiger partial charge >= 0.3 is 0 Å². The van der Waals surface area contributed by atoms with Gasteiger partial charge in [0.15, 0.2) is 0 Å². The fraction of sp³-hybridized carbons (Fsp3) is 0.417. The molecule has 0 bridgehead atoms. The molecule has 0 aliphatic heterocycles. The van der Waals surface area contributed by atoms with Gasteiger partial charge < -0.3 is 4.57 Å². The molecule has 0 amide bonds. The van der Waals surface area contributed by atoms with Crippen LogP contribution in [0, 0.1) is 12.8 Å². The maximum Gasteiger partial charge on any atom is 0.251 e. The topological polar surface area (TPSA) is 22.0 Å². The standard InChI is InChI=1S/C36H41NO/c1-24-19-21-36(4,22-20-24)31-14-9-27(10-15-31)25(2)33-17-12-29-13-18-34(38)37(35(29)26(33)3)32-16-11-28-7-5-6-8-30(28)23-32/h5-10,12-15,17-18,24-25,32H,11,16,19-23H2,1-4H3. The van der Waals surface area contributed by atoms with E-state index in [-0.39, 0.29) is 17.5 Å². The fourth-order valence-corrected chi connectivity index (χ4v) is 7.31. The third kappa shape index (κ3) is 4.42. The molecule has 2 aliphatic rings. The smallest absolute Gasteiger partial charge is 0.251 e. The Kier molecular flexibility index (Phi) is 6.54. The van der Waals surface area contributed by atoms with Crippen molar-refractivity contribution < 1.29 is 0 Å². The lowest BCUT2D eigenvalue weighted by Crippen LogP contribution is -2.29. The Morgan fingerprint density at radius 2 is 1.55 bits per heavy atom. The van der Waals surface area contributed by atoms with Crippen molar-refractivity contribution in [3.8, 4) is 0 Å². The molecule has 1 fully saturated rings. The molecule has 2 nitrogen and oxygen atoms in total. The highest BCUT2D eigenvalue weighted by atomic mass is 16.1. The van der Waals surface area contributed by atoms with Crippen molar-refractivity contribution in [2.24, 2.45) is 5.92 Å². The van der Waals surface area contributed by atoms with Crippen molar-refractivity contribution in [3.63, 3.8) is 0 Å². The molecule has 0 radical (unpaired) electrons. The molecule has 0 spiro atoms. The SMILES string of the molecule is Cc1c(C(C)c2ccc(C3(C)CCC(C)CC3)cc2)ccc2ccc(=O)n(C3CCc4ccccc4C3)c12. The number of benzene rings is 3. The second-order valence-electron chi connectivity index (χ2n) is 12.5. The Morgan fingerprint density at radius 3 is 2.29 bits per heavy atom. The first-order valence-corrected chi connectivity index (χ1v) is 14.7. The second kappa shape index (κ2) is 9.88. The summed E-state index contributed by atoms with van der Waals surface area (Å²) in [6, 6.07) is 26.7. The van der Waals surface area contributed by atoms with Crippen LogP contribution in [0.3, 0.4) is 0 Å². The van der Waals surface area contributed by atoms with E-state index in [2.05, 4.69) is 92.9 Å². The lowest BCUT2D eigenvalue weighted by molar-refractivity contribution is 0.261. The van der Waals surface area contributed by atoms with Gasteiger partial charge in [-0.3, -0.25) is 4.79 Å². The molecule has 2 unspecified atom stereocenters. The molecular formula is C36H41NO. The van der Waals surface area contributed by atoms with Crippen LogP contribution in [-0.4, -0.2) is 4.57 Å². The molecule has 0 N–H and O–H groups in total. The van der Waals surface area contributed by atoms with Crippen molar-refractivity contribution in [1.29, 1.82) is 0 Å². The van der Waals surface area contributed by atoms with E-state index in [0.717, 1.165) is 36.1 Å². The number of pyridine rings is 1. The largest absolute Gasteiger partial charge is 0.305 e. The van der Waals surface area contributed by atoms with E-state index < -0.39 is 0 Å². The van der Waals surface area contributed by atoms with Crippen molar-refractivity contribution in [2.75, 3.05) is 0 Å². The number of fused-ring (bicyclic) bond motifs is 2. The highest BCUT2D eigenvalue weighted by Crippen LogP contribution is 2.42. The van der Waals surface area contributed by atoms with Gasteiger partial charge in [0.05, 0.1) is 5.52 Å². The third-order valence-corrected chi connectivity index (χ3v) is 10.0. The van der Waals surface area contributed by atoms with E-state index in [1.54, 1.807) is 6.07 Å². The summed E-state index contributed by atoms with van der Waals surface area (Å²) in [7, 11) is 0. The molecule has 1 aromatic heterocycles. The number of nitrogens with zero attached hydrogens (tertiary/aromatic N) is 1. The Balaban J connectivity index is 1.35. The van der Waals surface area contributed by atoms with Crippen LogP contribution in [0.15, 0.2) is 77.6 Å². The minimum absolute atomic E-state index is 0.120. The van der Waals surface area contributed by atoms with E-state index in [1.807, 2.05) is 6.07 Å². The summed E-state index contributed by atoms with van der Waals surface area (Å²) in [5, 5.41) is 1.16. The van der Waals surface area contributed by atoms with Gasteiger partial charge in [-0.15, -0.1) is 0 Å². The lowest BCUT2D eigenvalue weighted by Gasteiger charge is -2.37. The van der Waals surface area contributed by atoms with Crippen LogP contribution in [0.1, 0.15) is 98.2 Å². The quantitative estimate of drug-likeness (QED) is 0.273. The van der Waals surface area contributed by atoms with Gasteiger partial charge in [0.25, 0.3) is 5.56 Å². The van der Waals surface area contributed by atoms with Gasteiger partial charge in [0.2, 0.25) is 0 Å². The number of hydrogen-bond donors (Lipinski definition) is 0. The monoisotopic (exact) mass is 503 g/mol. The summed E-state index contributed by atoms with van der Waals surface area (Å²) < 4.78 is 2.12. The summed E-state index contributed by atoms with van der Waals surface area (Å²) in [5.41, 5.74) is 9.76. The van der Waals surface area contributed by atoms with Crippen LogP contribution in [-0.2, 0) is 18.3 Å². The van der Waals surface area contributed by atoms with Crippen LogP contribution >= 0.6 is 0 Å². The summed E-state index contributed by atoms with van der Waals surface area (Å²) in [5.74, 6) is 1.13. The summed E-state index contributed by atoms with van der Waals surface area (Å²) >= 11 is 0. The minimum Gasteiger partial charge on any atom is -0.305 e. The van der Waals surface area contributed by atoms with Crippen LogP contribution in [0.5, 0.6) is 0 Å². The predicted octanol–water partition coefficient (Wildman–Crippen LogP) is 8.66. The molecule has 2 aliphatic carbocycles. The summed E-state index contributed by atoms with van der Waals surface area (Å²) in [6.45, 7) is 9.38. The zero-order valence-corrected chi connectivity index (χ0v) is 23.5. The van der Waals surface area contributed by atoms with Crippen molar-refractivity contribution in [2.45, 2.75) is 90.0 Å². The van der Waals surface area contributed by atoms with E-state index >= 15 is 0 Å². The van der Waals surface area contributed by atoms with E-state index in [1.165, 1.54) is 59.1 Å². The first-order valence-electron chi connectivity index (χ1n) is 14.7. The van der Waals surface area contributed by atoms with Gasteiger partial charge in [-0.05, 0) is 108 Å². The second-order valence-corrected chi connectivity index (χ2v) is 12.5. The average Bonchev–Trinajstić information content (AvgIpc) is 2.94. The number of hydrogen-bond acceptors (Lipinski definition) is 1. The molecule has 0 saturated heterocycles. The Hall–Kier alpha value is -3.13. The summed E-state index contributed by atoms with van der Waals surface area (Å²) in [4.78, 5) is 13.3. The van der Waals surface area contributed by atoms with Gasteiger partial charge in [-0.1, -0.05) is 81.4 Å². The number of rotatable bonds is 4. The molecule has 6 rings (SSSR count). The lowest BCUT2D eigenvalue weighted by atomic mass is 9.68. The van der Waals surface area contributed by atoms with Gasteiger partial charge in [-0.25, -0.2) is 0 Å². The van der Waals surface area contributed by atoms with Crippen LogP contribution in [0.4, 0.5) is 0 Å². The van der Waals surface area contributed by atoms with Crippen molar-refractivity contribution >= 4 is 10.9 Å². The van der Waals surface area contributed by atoms with Crippen molar-refractivity contribution in [1.82, 2.24) is 4.57 Å². The van der Waals surface area contributed by atoms with E-state index in [9.17, 15) is 4.79 Å². The third-order valence-electron chi connectivity index (χ3n) is 10.0. The maximum absolute atomic E-state index is 13.3. The van der Waals surface area contributed by atoms with Gasteiger partial charge in [-0.2, -0.15) is 0 Å². The average molecular weight is 504 g/mol. The molecule has 196 valence electrons. The highest BCUT2D eigenvalue weighted by Gasteiger charge is 2.31. The molecule has 2 atom stereocenters. The molecule has 2 heteroatoms. The van der Waals surface area contributed by atoms with E-state index in [4.69, 9.17) is 0 Å². The Morgan fingerprint density at radius 1 is 0.868 bits per heavy atom. The first-order chi connectivity index (χ1) is 18.3. The molecular weight excluding hydrogens is 462 g/mol. The van der Waals surface area contributed by atoms with Crippen LogP contribution < -0.4 is 5.56 Å². The molecule has 1 heterocycles. The summed E-state index contributed by atoms with van der Waals surface area (Å²) in [6.07, 6.45) is 8.20. The van der Waals surface area contributed by atoms with Gasteiger partial charge in [0, 0.05) is 18.0 Å². The zero-order valence-electron chi connectivity index (χ0n) is 23.5. The molecule has 38 heavy (non-hydrogen) atoms. The molecule has 1 saturated carbocycles. The zero-order chi connectivity index (χ0) is 26.4. The highest BCUT2D eigenvalue weighted by molar-refractivity contribution is 5.84. The maximum atomic E-state index is 13.3. The van der Waals surface area contributed by atoms with E-state index in [0.29, 0.717) is 5.41 Å². The van der Waals surface area contributed by atoms with Gasteiger partial charge in [0.1, 0.15) is 0 Å². The predicted molar refractivity (Wildman–Crippen MR) is 159 cm³/mol. The fourth-order valence-electron chi connectivity index (χ4n) is 7.31. The minimum atomic E-state index is 0.120. The normalized spacial score (nSPS) is 24.2. The Labute approximate surface area is 227 Å². The Bertz CT molecular complexity index is 1520. The molecule has 4 aromatic rings. The van der Waals surface area contributed by atoms with Crippen LogP contribution in [0.2, 0.25) is 0 Å². The number of aryl methyl sites for hydroxylation is 2. The number of aromatic nitrogens is 1. The first kappa shape index (κ1) is 25.2.